The Kier molecular flexibility index (Phi) is 2.24. The summed E-state index contributed by atoms with van der Waals surface area (Å²) in [5.74, 6) is 0. The molecule has 0 spiro atoms. The highest BCUT2D eigenvalue weighted by atomic mass is 32.2. The van der Waals surface area contributed by atoms with Crippen LogP contribution >= 0.6 is 11.9 Å². The average molecular weight is 228 g/mol. The molecule has 0 bridgehead atoms. The van der Waals surface area contributed by atoms with E-state index in [2.05, 4.69) is 29.0 Å². The van der Waals surface area contributed by atoms with E-state index in [4.69, 9.17) is 5.73 Å². The summed E-state index contributed by atoms with van der Waals surface area (Å²) < 4.78 is 3.31. The quantitative estimate of drug-likeness (QED) is 0.736. The van der Waals surface area contributed by atoms with Crippen molar-refractivity contribution in [3.05, 3.63) is 65.7 Å². The van der Waals surface area contributed by atoms with Crippen LogP contribution in [-0.4, -0.2) is 0 Å². The normalized spacial score (nSPS) is 23.1. The third-order valence-corrected chi connectivity index (χ3v) is 3.86. The van der Waals surface area contributed by atoms with Crippen LogP contribution in [-0.2, 0) is 5.66 Å². The lowest BCUT2D eigenvalue weighted by atomic mass is 9.93. The Morgan fingerprint density at radius 1 is 0.938 bits per heavy atom. The van der Waals surface area contributed by atoms with E-state index in [9.17, 15) is 0 Å². The summed E-state index contributed by atoms with van der Waals surface area (Å²) in [6, 6.07) is 18.3. The molecule has 2 aromatic carbocycles. The van der Waals surface area contributed by atoms with Gasteiger partial charge in [-0.2, -0.15) is 0 Å². The second-order valence-corrected chi connectivity index (χ2v) is 4.72. The molecule has 3 rings (SSSR count). The lowest BCUT2D eigenvalue weighted by Crippen LogP contribution is -2.45. The number of nitrogens with two attached hydrogens (primary N) is 1. The molecule has 1 atom stereocenters. The van der Waals surface area contributed by atoms with Gasteiger partial charge in [-0.15, -0.1) is 0 Å². The summed E-state index contributed by atoms with van der Waals surface area (Å²) >= 11 is 1.59. The van der Waals surface area contributed by atoms with Gasteiger partial charge in [0, 0.05) is 10.5 Å². The van der Waals surface area contributed by atoms with Gasteiger partial charge in [-0.1, -0.05) is 48.5 Å². The predicted octanol–water partition coefficient (Wildman–Crippen LogP) is 2.46. The molecular weight excluding hydrogens is 216 g/mol. The van der Waals surface area contributed by atoms with Crippen molar-refractivity contribution >= 4 is 11.9 Å². The van der Waals surface area contributed by atoms with Crippen LogP contribution < -0.4 is 10.5 Å². The first-order chi connectivity index (χ1) is 7.81. The van der Waals surface area contributed by atoms with Crippen LogP contribution in [0.15, 0.2) is 59.5 Å². The molecule has 0 amide bonds. The largest absolute Gasteiger partial charge is 0.305 e. The SMILES string of the molecule is NC1(c2ccccc2)NSc2ccccc21. The van der Waals surface area contributed by atoms with Gasteiger partial charge in [0.1, 0.15) is 5.66 Å². The van der Waals surface area contributed by atoms with E-state index in [1.807, 2.05) is 30.3 Å². The standard InChI is InChI=1S/C13H12N2S/c14-13(10-6-2-1-3-7-10)11-8-4-5-9-12(11)16-15-13/h1-9,15H,14H2. The molecule has 2 aromatic rings. The lowest BCUT2D eigenvalue weighted by molar-refractivity contribution is 0.530. The molecule has 0 fully saturated rings. The number of fused-ring (bicyclic) bond motifs is 1. The third-order valence-electron chi connectivity index (χ3n) is 2.86. The van der Waals surface area contributed by atoms with Crippen LogP contribution in [0.2, 0.25) is 0 Å². The van der Waals surface area contributed by atoms with Crippen LogP contribution in [0.4, 0.5) is 0 Å². The highest BCUT2D eigenvalue weighted by molar-refractivity contribution is 7.97. The van der Waals surface area contributed by atoms with Gasteiger partial charge >= 0.3 is 0 Å². The van der Waals surface area contributed by atoms with Gasteiger partial charge in [-0.3, -0.25) is 0 Å². The molecule has 0 aromatic heterocycles. The fourth-order valence-corrected chi connectivity index (χ4v) is 2.97. The van der Waals surface area contributed by atoms with E-state index in [0.29, 0.717) is 0 Å². The zero-order chi connectivity index (χ0) is 11.0. The Labute approximate surface area is 99.0 Å². The molecule has 3 N–H and O–H groups in total. The number of rotatable bonds is 1. The fraction of sp³-hybridized carbons (Fsp3) is 0.0769. The van der Waals surface area contributed by atoms with Gasteiger partial charge in [0.25, 0.3) is 0 Å². The van der Waals surface area contributed by atoms with Gasteiger partial charge in [0.2, 0.25) is 0 Å². The van der Waals surface area contributed by atoms with Crippen molar-refractivity contribution in [2.75, 3.05) is 0 Å². The van der Waals surface area contributed by atoms with Gasteiger partial charge in [-0.25, -0.2) is 4.72 Å². The maximum atomic E-state index is 6.46. The Bertz CT molecular complexity index is 512. The summed E-state index contributed by atoms with van der Waals surface area (Å²) in [6.07, 6.45) is 0. The zero-order valence-electron chi connectivity index (χ0n) is 8.68. The van der Waals surface area contributed by atoms with Gasteiger partial charge < -0.3 is 5.73 Å². The smallest absolute Gasteiger partial charge is 0.129 e. The Morgan fingerprint density at radius 3 is 2.44 bits per heavy atom. The van der Waals surface area contributed by atoms with E-state index in [1.54, 1.807) is 11.9 Å². The fourth-order valence-electron chi connectivity index (χ4n) is 1.99. The zero-order valence-corrected chi connectivity index (χ0v) is 9.50. The van der Waals surface area contributed by atoms with Crippen LogP contribution in [0, 0.1) is 0 Å². The van der Waals surface area contributed by atoms with Crippen molar-refractivity contribution in [3.8, 4) is 0 Å². The van der Waals surface area contributed by atoms with Gasteiger partial charge in [0.05, 0.1) is 0 Å². The molecule has 1 aliphatic heterocycles. The van der Waals surface area contributed by atoms with Crippen molar-refractivity contribution in [1.29, 1.82) is 0 Å². The molecule has 2 nitrogen and oxygen atoms in total. The maximum Gasteiger partial charge on any atom is 0.129 e. The summed E-state index contributed by atoms with van der Waals surface area (Å²) in [5, 5.41) is 0. The summed E-state index contributed by atoms with van der Waals surface area (Å²) in [7, 11) is 0. The van der Waals surface area contributed by atoms with Crippen molar-refractivity contribution in [2.45, 2.75) is 10.6 Å². The molecule has 3 heteroatoms. The topological polar surface area (TPSA) is 38.0 Å². The third kappa shape index (κ3) is 1.37. The summed E-state index contributed by atoms with van der Waals surface area (Å²) in [4.78, 5) is 1.20. The van der Waals surface area contributed by atoms with E-state index in [1.165, 1.54) is 4.90 Å². The molecule has 0 saturated carbocycles. The Morgan fingerprint density at radius 2 is 1.62 bits per heavy atom. The van der Waals surface area contributed by atoms with Gasteiger partial charge in [0.15, 0.2) is 0 Å². The minimum absolute atomic E-state index is 0.567. The molecule has 0 saturated heterocycles. The van der Waals surface area contributed by atoms with Crippen molar-refractivity contribution < 1.29 is 0 Å². The Hall–Kier alpha value is -1.29. The molecule has 16 heavy (non-hydrogen) atoms. The van der Waals surface area contributed by atoms with Crippen LogP contribution in [0.3, 0.4) is 0 Å². The van der Waals surface area contributed by atoms with Crippen molar-refractivity contribution in [2.24, 2.45) is 5.73 Å². The minimum atomic E-state index is -0.567. The second kappa shape index (κ2) is 3.63. The lowest BCUT2D eigenvalue weighted by Gasteiger charge is -2.25. The molecule has 0 aliphatic carbocycles. The van der Waals surface area contributed by atoms with E-state index in [-0.39, 0.29) is 0 Å². The molecule has 1 aliphatic rings. The minimum Gasteiger partial charge on any atom is -0.305 e. The summed E-state index contributed by atoms with van der Waals surface area (Å²) in [6.45, 7) is 0. The highest BCUT2D eigenvalue weighted by Crippen LogP contribution is 2.39. The van der Waals surface area contributed by atoms with Crippen LogP contribution in [0.5, 0.6) is 0 Å². The molecule has 80 valence electrons. The summed E-state index contributed by atoms with van der Waals surface area (Å²) in [5.41, 5.74) is 8.13. The first kappa shape index (κ1) is 9.90. The predicted molar refractivity (Wildman–Crippen MR) is 66.8 cm³/mol. The van der Waals surface area contributed by atoms with Crippen molar-refractivity contribution in [1.82, 2.24) is 4.72 Å². The molecule has 0 radical (unpaired) electrons. The molecule has 1 heterocycles. The van der Waals surface area contributed by atoms with Gasteiger partial charge in [-0.05, 0) is 23.6 Å². The first-order valence-corrected chi connectivity index (χ1v) is 6.00. The molecular formula is C13H12N2S. The monoisotopic (exact) mass is 228 g/mol. The van der Waals surface area contributed by atoms with E-state index in [0.717, 1.165) is 11.1 Å². The van der Waals surface area contributed by atoms with Crippen molar-refractivity contribution in [3.63, 3.8) is 0 Å². The van der Waals surface area contributed by atoms with E-state index >= 15 is 0 Å². The number of hydrogen-bond donors (Lipinski definition) is 2. The number of nitrogens with one attached hydrogen (secondary N) is 1. The average Bonchev–Trinajstić information content (AvgIpc) is 2.71. The van der Waals surface area contributed by atoms with E-state index < -0.39 is 5.66 Å². The number of benzene rings is 2. The van der Waals surface area contributed by atoms with Crippen LogP contribution in [0.1, 0.15) is 11.1 Å². The van der Waals surface area contributed by atoms with Crippen LogP contribution in [0.25, 0.3) is 0 Å². The molecule has 1 unspecified atom stereocenters. The second-order valence-electron chi connectivity index (χ2n) is 3.87. The maximum absolute atomic E-state index is 6.46. The first-order valence-electron chi connectivity index (χ1n) is 5.18. The Balaban J connectivity index is 2.15. The number of hydrogen-bond acceptors (Lipinski definition) is 3. The highest BCUT2D eigenvalue weighted by Gasteiger charge is 2.36.